The van der Waals surface area contributed by atoms with Crippen LogP contribution >= 0.6 is 0 Å². The molecule has 0 fully saturated rings. The molecule has 0 saturated carbocycles. The molecule has 0 aromatic carbocycles. The summed E-state index contributed by atoms with van der Waals surface area (Å²) < 4.78 is 0. The molecule has 0 bridgehead atoms. The van der Waals surface area contributed by atoms with Crippen LogP contribution in [0.5, 0.6) is 0 Å². The second-order valence-corrected chi connectivity index (χ2v) is 3.44. The van der Waals surface area contributed by atoms with E-state index in [1.54, 1.807) is 6.92 Å². The van der Waals surface area contributed by atoms with Gasteiger partial charge in [0.25, 0.3) is 0 Å². The number of hydrogen-bond acceptors (Lipinski definition) is 5. The molecule has 0 amide bonds. The number of hydrogen-bond donors (Lipinski definition) is 5. The minimum Gasteiger partial charge on any atom is -0.394 e. The van der Waals surface area contributed by atoms with Crippen molar-refractivity contribution in [3.05, 3.63) is 0 Å². The van der Waals surface area contributed by atoms with E-state index in [-0.39, 0.29) is 12.8 Å². The lowest BCUT2D eigenvalue weighted by Crippen LogP contribution is -2.32. The van der Waals surface area contributed by atoms with E-state index in [0.29, 0.717) is 6.42 Å². The quantitative estimate of drug-likeness (QED) is 0.355. The van der Waals surface area contributed by atoms with Crippen LogP contribution in [-0.2, 0) is 0 Å². The summed E-state index contributed by atoms with van der Waals surface area (Å²) in [5.74, 6) is 0. The van der Waals surface area contributed by atoms with E-state index in [0.717, 1.165) is 0 Å². The Labute approximate surface area is 83.6 Å². The Morgan fingerprint density at radius 1 is 0.786 bits per heavy atom. The molecule has 5 nitrogen and oxygen atoms in total. The van der Waals surface area contributed by atoms with Gasteiger partial charge in [0.15, 0.2) is 0 Å². The van der Waals surface area contributed by atoms with Crippen molar-refractivity contribution in [1.29, 1.82) is 0 Å². The Bertz CT molecular complexity index is 125. The van der Waals surface area contributed by atoms with Gasteiger partial charge < -0.3 is 25.5 Å². The predicted octanol–water partition coefficient (Wildman–Crippen LogP) is -1.39. The van der Waals surface area contributed by atoms with E-state index in [1.165, 1.54) is 0 Å². The molecule has 14 heavy (non-hydrogen) atoms. The SMILES string of the molecule is CCC(O)C(O)CCC(O)C(O)CO. The predicted molar refractivity (Wildman–Crippen MR) is 50.6 cm³/mol. The standard InChI is InChI=1S/C9H20O5/c1-2-6(11)7(12)3-4-8(13)9(14)5-10/h6-14H,2-5H2,1H3. The van der Waals surface area contributed by atoms with Gasteiger partial charge in [-0.1, -0.05) is 6.92 Å². The summed E-state index contributed by atoms with van der Waals surface area (Å²) in [7, 11) is 0. The highest BCUT2D eigenvalue weighted by Gasteiger charge is 2.19. The Balaban J connectivity index is 3.70. The van der Waals surface area contributed by atoms with Crippen LogP contribution in [0.4, 0.5) is 0 Å². The Morgan fingerprint density at radius 2 is 1.21 bits per heavy atom. The summed E-state index contributed by atoms with van der Waals surface area (Å²) in [6.07, 6.45) is -3.12. The molecule has 4 unspecified atom stereocenters. The second-order valence-electron chi connectivity index (χ2n) is 3.44. The molecule has 5 heteroatoms. The van der Waals surface area contributed by atoms with E-state index >= 15 is 0 Å². The van der Waals surface area contributed by atoms with Gasteiger partial charge in [0.2, 0.25) is 0 Å². The van der Waals surface area contributed by atoms with Crippen molar-refractivity contribution in [2.75, 3.05) is 6.61 Å². The Hall–Kier alpha value is -0.200. The number of rotatable bonds is 7. The fraction of sp³-hybridized carbons (Fsp3) is 1.00. The van der Waals surface area contributed by atoms with Crippen LogP contribution in [0.2, 0.25) is 0 Å². The van der Waals surface area contributed by atoms with Crippen molar-refractivity contribution < 1.29 is 25.5 Å². The minimum atomic E-state index is -1.18. The Morgan fingerprint density at radius 3 is 1.57 bits per heavy atom. The molecule has 5 N–H and O–H groups in total. The fourth-order valence-electron chi connectivity index (χ4n) is 1.12. The summed E-state index contributed by atoms with van der Waals surface area (Å²) in [5.41, 5.74) is 0. The maximum absolute atomic E-state index is 9.32. The van der Waals surface area contributed by atoms with Crippen molar-refractivity contribution in [2.45, 2.75) is 50.6 Å². The van der Waals surface area contributed by atoms with Crippen molar-refractivity contribution >= 4 is 0 Å². The van der Waals surface area contributed by atoms with Crippen LogP contribution in [0.3, 0.4) is 0 Å². The molecule has 86 valence electrons. The molecule has 0 radical (unpaired) electrons. The third kappa shape index (κ3) is 4.88. The second kappa shape index (κ2) is 7.14. The molecule has 0 aliphatic carbocycles. The maximum atomic E-state index is 9.32. The average Bonchev–Trinajstić information content (AvgIpc) is 2.22. The molecule has 0 aliphatic heterocycles. The van der Waals surface area contributed by atoms with Crippen LogP contribution in [0.25, 0.3) is 0 Å². The van der Waals surface area contributed by atoms with Crippen molar-refractivity contribution in [3.8, 4) is 0 Å². The third-order valence-corrected chi connectivity index (χ3v) is 2.25. The number of aliphatic hydroxyl groups is 5. The largest absolute Gasteiger partial charge is 0.394 e. The molecule has 0 saturated heterocycles. The van der Waals surface area contributed by atoms with Crippen LogP contribution in [0, 0.1) is 0 Å². The fourth-order valence-corrected chi connectivity index (χ4v) is 1.12. The smallest absolute Gasteiger partial charge is 0.103 e. The molecule has 0 heterocycles. The van der Waals surface area contributed by atoms with Crippen LogP contribution in [-0.4, -0.2) is 56.6 Å². The molecular weight excluding hydrogens is 188 g/mol. The molecule has 0 rings (SSSR count). The minimum absolute atomic E-state index is 0.153. The molecule has 0 aliphatic rings. The molecule has 0 spiro atoms. The van der Waals surface area contributed by atoms with Gasteiger partial charge >= 0.3 is 0 Å². The van der Waals surface area contributed by atoms with Crippen molar-refractivity contribution in [1.82, 2.24) is 0 Å². The first kappa shape index (κ1) is 13.8. The van der Waals surface area contributed by atoms with Gasteiger partial charge in [0, 0.05) is 0 Å². The van der Waals surface area contributed by atoms with Crippen molar-refractivity contribution in [3.63, 3.8) is 0 Å². The zero-order valence-corrected chi connectivity index (χ0v) is 8.37. The first-order valence-electron chi connectivity index (χ1n) is 4.86. The summed E-state index contributed by atoms with van der Waals surface area (Å²) >= 11 is 0. The van der Waals surface area contributed by atoms with Crippen molar-refractivity contribution in [2.24, 2.45) is 0 Å². The molecule has 0 aromatic heterocycles. The van der Waals surface area contributed by atoms with Gasteiger partial charge in [-0.05, 0) is 19.3 Å². The first-order chi connectivity index (χ1) is 6.52. The zero-order valence-electron chi connectivity index (χ0n) is 8.37. The highest BCUT2D eigenvalue weighted by molar-refractivity contribution is 4.71. The van der Waals surface area contributed by atoms with Gasteiger partial charge in [-0.3, -0.25) is 0 Å². The summed E-state index contributed by atoms with van der Waals surface area (Å²) in [5, 5.41) is 45.2. The van der Waals surface area contributed by atoms with Gasteiger partial charge in [0.1, 0.15) is 6.10 Å². The van der Waals surface area contributed by atoms with E-state index in [1.807, 2.05) is 0 Å². The van der Waals surface area contributed by atoms with E-state index in [2.05, 4.69) is 0 Å². The van der Waals surface area contributed by atoms with E-state index < -0.39 is 31.0 Å². The third-order valence-electron chi connectivity index (χ3n) is 2.25. The zero-order chi connectivity index (χ0) is 11.1. The monoisotopic (exact) mass is 208 g/mol. The first-order valence-corrected chi connectivity index (χ1v) is 4.86. The van der Waals surface area contributed by atoms with Crippen LogP contribution in [0.1, 0.15) is 26.2 Å². The van der Waals surface area contributed by atoms with Gasteiger partial charge in [-0.15, -0.1) is 0 Å². The summed E-state index contributed by atoms with van der Waals surface area (Å²) in [4.78, 5) is 0. The lowest BCUT2D eigenvalue weighted by molar-refractivity contribution is -0.0357. The maximum Gasteiger partial charge on any atom is 0.103 e. The summed E-state index contributed by atoms with van der Waals surface area (Å²) in [6.45, 7) is 1.24. The van der Waals surface area contributed by atoms with Gasteiger partial charge in [0.05, 0.1) is 24.9 Å². The number of aliphatic hydroxyl groups excluding tert-OH is 5. The van der Waals surface area contributed by atoms with E-state index in [4.69, 9.17) is 10.2 Å². The van der Waals surface area contributed by atoms with Crippen LogP contribution in [0.15, 0.2) is 0 Å². The topological polar surface area (TPSA) is 101 Å². The highest BCUT2D eigenvalue weighted by atomic mass is 16.4. The highest BCUT2D eigenvalue weighted by Crippen LogP contribution is 2.09. The Kier molecular flexibility index (Phi) is 7.04. The van der Waals surface area contributed by atoms with Gasteiger partial charge in [-0.25, -0.2) is 0 Å². The lowest BCUT2D eigenvalue weighted by Gasteiger charge is -2.19. The molecule has 4 atom stereocenters. The molecule has 0 aromatic rings. The van der Waals surface area contributed by atoms with Gasteiger partial charge in [-0.2, -0.15) is 0 Å². The average molecular weight is 208 g/mol. The molecular formula is C9H20O5. The van der Waals surface area contributed by atoms with E-state index in [9.17, 15) is 15.3 Å². The normalized spacial score (nSPS) is 20.1. The lowest BCUT2D eigenvalue weighted by atomic mass is 10.0. The van der Waals surface area contributed by atoms with Crippen LogP contribution < -0.4 is 0 Å². The summed E-state index contributed by atoms with van der Waals surface area (Å²) in [6, 6.07) is 0.